The molecule has 150 valence electrons. The molecule has 0 saturated heterocycles. The minimum absolute atomic E-state index is 0.0371. The highest BCUT2D eigenvalue weighted by Gasteiger charge is 2.25. The Hall–Kier alpha value is -1.99. The van der Waals surface area contributed by atoms with E-state index in [1.807, 2.05) is 26.0 Å². The second-order valence-electron chi connectivity index (χ2n) is 6.94. The molecule has 0 bridgehead atoms. The van der Waals surface area contributed by atoms with E-state index >= 15 is 0 Å². The average Bonchev–Trinajstić information content (AvgIpc) is 2.98. The Kier molecular flexibility index (Phi) is 7.39. The van der Waals surface area contributed by atoms with Crippen LogP contribution in [0.1, 0.15) is 71.9 Å². The number of esters is 1. The Morgan fingerprint density at radius 2 is 1.96 bits per heavy atom. The molecule has 2 aromatic heterocycles. The predicted molar refractivity (Wildman–Crippen MR) is 118 cm³/mol. The third kappa shape index (κ3) is 5.08. The predicted octanol–water partition coefficient (Wildman–Crippen LogP) is 5.03. The van der Waals surface area contributed by atoms with E-state index in [9.17, 15) is 4.79 Å². The summed E-state index contributed by atoms with van der Waals surface area (Å²) in [6, 6.07) is 3.96. The summed E-state index contributed by atoms with van der Waals surface area (Å²) in [7, 11) is 0. The largest absolute Gasteiger partial charge is 0.462 e. The van der Waals surface area contributed by atoms with Crippen molar-refractivity contribution in [2.45, 2.75) is 58.4 Å². The summed E-state index contributed by atoms with van der Waals surface area (Å²) in [6.45, 7) is 4.25. The van der Waals surface area contributed by atoms with Crippen molar-refractivity contribution in [2.24, 2.45) is 0 Å². The van der Waals surface area contributed by atoms with Gasteiger partial charge in [0.15, 0.2) is 5.11 Å². The number of aromatic nitrogens is 1. The summed E-state index contributed by atoms with van der Waals surface area (Å²) in [4.78, 5) is 18.0. The summed E-state index contributed by atoms with van der Waals surface area (Å²) in [6.07, 6.45) is 10.2. The van der Waals surface area contributed by atoms with E-state index < -0.39 is 0 Å². The summed E-state index contributed by atoms with van der Waals surface area (Å²) >= 11 is 7.17. The molecule has 0 amide bonds. The number of ether oxygens (including phenoxy) is 1. The van der Waals surface area contributed by atoms with Crippen LogP contribution in [-0.4, -0.2) is 22.7 Å². The summed E-state index contributed by atoms with van der Waals surface area (Å²) in [5.74, 6) is -0.256. The standard InChI is InChI=1S/C21H27N3O2S2/c1-3-26-20(25)18-16-8-6-4-5-7-9-17(16)28-19(18)24-21(27)23-14(2)15-10-12-22-13-11-15/h10-14H,3-9H2,1-2H3,(H2,23,24,27). The number of carbonyl (C=O) groups is 1. The fraction of sp³-hybridized carbons (Fsp3) is 0.476. The minimum atomic E-state index is -0.256. The van der Waals surface area contributed by atoms with Gasteiger partial charge in [-0.3, -0.25) is 4.98 Å². The Morgan fingerprint density at radius 1 is 1.25 bits per heavy atom. The molecule has 1 aliphatic carbocycles. The lowest BCUT2D eigenvalue weighted by Gasteiger charge is -2.17. The van der Waals surface area contributed by atoms with Gasteiger partial charge < -0.3 is 15.4 Å². The number of rotatable bonds is 5. The molecule has 2 heterocycles. The van der Waals surface area contributed by atoms with Crippen molar-refractivity contribution in [1.29, 1.82) is 0 Å². The molecule has 1 aliphatic rings. The number of hydrogen-bond donors (Lipinski definition) is 2. The fourth-order valence-electron chi connectivity index (χ4n) is 3.50. The van der Waals surface area contributed by atoms with Crippen LogP contribution in [0.3, 0.4) is 0 Å². The SMILES string of the molecule is CCOC(=O)c1c(NC(=S)NC(C)c2ccncc2)sc2c1CCCCCC2. The molecular weight excluding hydrogens is 390 g/mol. The number of thiocarbonyl (C=S) groups is 1. The Morgan fingerprint density at radius 3 is 2.68 bits per heavy atom. The van der Waals surface area contributed by atoms with Gasteiger partial charge in [0.1, 0.15) is 5.00 Å². The van der Waals surface area contributed by atoms with E-state index in [1.54, 1.807) is 23.7 Å². The van der Waals surface area contributed by atoms with Gasteiger partial charge in [-0.25, -0.2) is 4.79 Å². The van der Waals surface area contributed by atoms with E-state index in [-0.39, 0.29) is 12.0 Å². The van der Waals surface area contributed by atoms with Gasteiger partial charge in [-0.2, -0.15) is 0 Å². The molecular formula is C21H27N3O2S2. The number of nitrogens with one attached hydrogen (secondary N) is 2. The highest BCUT2D eigenvalue weighted by Crippen LogP contribution is 2.37. The molecule has 5 nitrogen and oxygen atoms in total. The molecule has 0 aliphatic heterocycles. The molecule has 0 radical (unpaired) electrons. The lowest BCUT2D eigenvalue weighted by Crippen LogP contribution is -2.31. The maximum Gasteiger partial charge on any atom is 0.341 e. The zero-order chi connectivity index (χ0) is 19.9. The number of aryl methyl sites for hydroxylation is 1. The van der Waals surface area contributed by atoms with Gasteiger partial charge in [0.2, 0.25) is 0 Å². The van der Waals surface area contributed by atoms with Gasteiger partial charge >= 0.3 is 5.97 Å². The van der Waals surface area contributed by atoms with Crippen molar-refractivity contribution >= 4 is 39.6 Å². The number of carbonyl (C=O) groups excluding carboxylic acids is 1. The molecule has 0 aromatic carbocycles. The van der Waals surface area contributed by atoms with Gasteiger partial charge in [0, 0.05) is 17.3 Å². The monoisotopic (exact) mass is 417 g/mol. The van der Waals surface area contributed by atoms with Crippen molar-refractivity contribution < 1.29 is 9.53 Å². The molecule has 2 N–H and O–H groups in total. The maximum absolute atomic E-state index is 12.7. The number of thiophene rings is 1. The third-order valence-corrected chi connectivity index (χ3v) is 6.36. The van der Waals surface area contributed by atoms with Crippen LogP contribution >= 0.6 is 23.6 Å². The molecule has 28 heavy (non-hydrogen) atoms. The second-order valence-corrected chi connectivity index (χ2v) is 8.46. The Bertz CT molecular complexity index is 821. The first-order chi connectivity index (χ1) is 13.6. The first-order valence-corrected chi connectivity index (χ1v) is 11.1. The lowest BCUT2D eigenvalue weighted by molar-refractivity contribution is 0.0526. The topological polar surface area (TPSA) is 63.2 Å². The molecule has 0 fully saturated rings. The summed E-state index contributed by atoms with van der Waals surface area (Å²) in [5.41, 5.74) is 2.92. The maximum atomic E-state index is 12.7. The van der Waals surface area contributed by atoms with E-state index in [0.717, 1.165) is 41.8 Å². The van der Waals surface area contributed by atoms with Crippen molar-refractivity contribution in [1.82, 2.24) is 10.3 Å². The first kappa shape index (κ1) is 20.7. The smallest absolute Gasteiger partial charge is 0.341 e. The van der Waals surface area contributed by atoms with Crippen molar-refractivity contribution in [3.8, 4) is 0 Å². The van der Waals surface area contributed by atoms with Gasteiger partial charge in [-0.1, -0.05) is 12.8 Å². The minimum Gasteiger partial charge on any atom is -0.462 e. The molecule has 2 aromatic rings. The number of nitrogens with zero attached hydrogens (tertiary/aromatic N) is 1. The van der Waals surface area contributed by atoms with Crippen LogP contribution in [0.2, 0.25) is 0 Å². The van der Waals surface area contributed by atoms with E-state index in [4.69, 9.17) is 17.0 Å². The zero-order valence-electron chi connectivity index (χ0n) is 16.4. The normalized spacial score (nSPS) is 14.9. The number of anilines is 1. The van der Waals surface area contributed by atoms with E-state index in [1.165, 1.54) is 17.7 Å². The molecule has 0 saturated carbocycles. The molecule has 1 atom stereocenters. The van der Waals surface area contributed by atoms with Gasteiger partial charge in [-0.15, -0.1) is 11.3 Å². The quantitative estimate of drug-likeness (QED) is 0.526. The van der Waals surface area contributed by atoms with Gasteiger partial charge in [0.25, 0.3) is 0 Å². The first-order valence-electron chi connectivity index (χ1n) is 9.89. The number of fused-ring (bicyclic) bond motifs is 1. The number of hydrogen-bond acceptors (Lipinski definition) is 5. The second kappa shape index (κ2) is 9.98. The van der Waals surface area contributed by atoms with Crippen LogP contribution in [0.15, 0.2) is 24.5 Å². The highest BCUT2D eigenvalue weighted by molar-refractivity contribution is 7.80. The Balaban J connectivity index is 1.80. The Labute approximate surface area is 175 Å². The zero-order valence-corrected chi connectivity index (χ0v) is 18.0. The van der Waals surface area contributed by atoms with Crippen LogP contribution in [0.5, 0.6) is 0 Å². The van der Waals surface area contributed by atoms with Crippen molar-refractivity contribution in [3.05, 3.63) is 46.1 Å². The lowest BCUT2D eigenvalue weighted by atomic mass is 9.96. The fourth-order valence-corrected chi connectivity index (χ4v) is 5.12. The third-order valence-electron chi connectivity index (χ3n) is 4.93. The van der Waals surface area contributed by atoms with Gasteiger partial charge in [-0.05, 0) is 75.0 Å². The van der Waals surface area contributed by atoms with Crippen LogP contribution in [0.4, 0.5) is 5.00 Å². The van der Waals surface area contributed by atoms with Crippen molar-refractivity contribution in [3.63, 3.8) is 0 Å². The molecule has 1 unspecified atom stereocenters. The van der Waals surface area contributed by atoms with Crippen LogP contribution in [0.25, 0.3) is 0 Å². The average molecular weight is 418 g/mol. The molecule has 7 heteroatoms. The molecule has 3 rings (SSSR count). The van der Waals surface area contributed by atoms with Gasteiger partial charge in [0.05, 0.1) is 18.2 Å². The number of pyridine rings is 1. The van der Waals surface area contributed by atoms with Crippen LogP contribution in [0, 0.1) is 0 Å². The highest BCUT2D eigenvalue weighted by atomic mass is 32.1. The van der Waals surface area contributed by atoms with Crippen LogP contribution < -0.4 is 10.6 Å². The summed E-state index contributed by atoms with van der Waals surface area (Å²) < 4.78 is 5.35. The van der Waals surface area contributed by atoms with Crippen molar-refractivity contribution in [2.75, 3.05) is 11.9 Å². The van der Waals surface area contributed by atoms with E-state index in [0.29, 0.717) is 17.3 Å². The molecule has 0 spiro atoms. The van der Waals surface area contributed by atoms with E-state index in [2.05, 4.69) is 15.6 Å². The van der Waals surface area contributed by atoms with Crippen LogP contribution in [-0.2, 0) is 17.6 Å². The summed E-state index contributed by atoms with van der Waals surface area (Å²) in [5, 5.41) is 7.87.